The lowest BCUT2D eigenvalue weighted by atomic mass is 9.72. The topological polar surface area (TPSA) is 41.5 Å². The van der Waals surface area contributed by atoms with E-state index in [2.05, 4.69) is 46.9 Å². The molecule has 128 valence electrons. The van der Waals surface area contributed by atoms with E-state index >= 15 is 0 Å². The molecule has 0 amide bonds. The molecule has 0 aromatic heterocycles. The normalized spacial score (nSPS) is 25.3. The maximum Gasteiger partial charge on any atom is 0.0898 e. The Morgan fingerprint density at radius 2 is 1.57 bits per heavy atom. The predicted molar refractivity (Wildman–Crippen MR) is 84.9 cm³/mol. The van der Waals surface area contributed by atoms with E-state index in [4.69, 9.17) is 4.74 Å². The molecule has 1 unspecified atom stereocenters. The van der Waals surface area contributed by atoms with Crippen LogP contribution in [0.1, 0.15) is 67.2 Å². The number of nitrogens with one attached hydrogen (secondary N) is 1. The summed E-state index contributed by atoms with van der Waals surface area (Å²) in [7, 11) is 0. The fourth-order valence-corrected chi connectivity index (χ4v) is 2.83. The molecule has 1 aliphatic rings. The first-order valence-electron chi connectivity index (χ1n) is 8.12. The monoisotopic (exact) mass is 320 g/mol. The van der Waals surface area contributed by atoms with Crippen LogP contribution in [0.5, 0.6) is 0 Å². The summed E-state index contributed by atoms with van der Waals surface area (Å²) >= 11 is 0. The maximum absolute atomic E-state index is 9.94. The van der Waals surface area contributed by atoms with Crippen molar-refractivity contribution in [1.82, 2.24) is 5.32 Å². The number of hydrogen-bond donors (Lipinski definition) is 2. The van der Waals surface area contributed by atoms with Gasteiger partial charge >= 0.3 is 0 Å². The molecule has 1 aliphatic carbocycles. The van der Waals surface area contributed by atoms with E-state index < -0.39 is 6.10 Å². The van der Waals surface area contributed by atoms with Gasteiger partial charge < -0.3 is 27.6 Å². The molecule has 1 rings (SSSR count). The van der Waals surface area contributed by atoms with E-state index in [1.54, 1.807) is 0 Å². The second kappa shape index (κ2) is 8.71. The lowest BCUT2D eigenvalue weighted by Gasteiger charge is -2.37. The van der Waals surface area contributed by atoms with Crippen molar-refractivity contribution in [2.75, 3.05) is 13.2 Å². The van der Waals surface area contributed by atoms with E-state index in [0.717, 1.165) is 18.8 Å². The highest BCUT2D eigenvalue weighted by Gasteiger charge is 2.30. The van der Waals surface area contributed by atoms with Crippen molar-refractivity contribution in [3.8, 4) is 0 Å². The van der Waals surface area contributed by atoms with Crippen molar-refractivity contribution in [3.63, 3.8) is 0 Å². The van der Waals surface area contributed by atoms with Gasteiger partial charge in [0.05, 0.1) is 18.8 Å². The Morgan fingerprint density at radius 1 is 1.05 bits per heavy atom. The van der Waals surface area contributed by atoms with Gasteiger partial charge in [-0.15, -0.1) is 0 Å². The molecule has 4 heteroatoms. The Labute approximate surface area is 137 Å². The Balaban J connectivity index is 0.00000400. The molecule has 0 aliphatic heterocycles. The molecule has 2 N–H and O–H groups in total. The summed E-state index contributed by atoms with van der Waals surface area (Å²) in [6, 6.07) is 0. The van der Waals surface area contributed by atoms with E-state index in [1.807, 2.05) is 0 Å². The number of β-amino-alcohol motifs (C(OH)–C–C–N with tert-alkyl or cyclic N) is 1. The maximum atomic E-state index is 9.94. The molecule has 0 aromatic rings. The quantitative estimate of drug-likeness (QED) is 0.768. The lowest BCUT2D eigenvalue weighted by molar-refractivity contribution is -0.0371. The van der Waals surface area contributed by atoms with Crippen molar-refractivity contribution in [3.05, 3.63) is 0 Å². The first-order valence-corrected chi connectivity index (χ1v) is 8.12. The van der Waals surface area contributed by atoms with Crippen LogP contribution >= 0.6 is 0 Å². The van der Waals surface area contributed by atoms with Gasteiger partial charge in [0, 0.05) is 12.1 Å². The number of aliphatic hydroxyl groups excluding tert-OH is 1. The van der Waals surface area contributed by atoms with E-state index in [1.165, 1.54) is 12.8 Å². The zero-order valence-electron chi connectivity index (χ0n) is 14.7. The van der Waals surface area contributed by atoms with Gasteiger partial charge in [-0.05, 0) is 57.8 Å². The number of hydrogen-bond acceptors (Lipinski definition) is 3. The SMILES string of the molecule is CC(C)(C)NCC(O)COC1CCC(C(C)(C)C)CC1.[Cl-]. The van der Waals surface area contributed by atoms with Gasteiger partial charge in [-0.25, -0.2) is 0 Å². The van der Waals surface area contributed by atoms with Crippen molar-refractivity contribution in [2.24, 2.45) is 11.3 Å². The molecule has 0 saturated heterocycles. The van der Waals surface area contributed by atoms with Crippen molar-refractivity contribution >= 4 is 0 Å². The van der Waals surface area contributed by atoms with Crippen LogP contribution in [0, 0.1) is 11.3 Å². The highest BCUT2D eigenvalue weighted by Crippen LogP contribution is 2.38. The number of ether oxygens (including phenoxy) is 1. The summed E-state index contributed by atoms with van der Waals surface area (Å²) in [5.41, 5.74) is 0.465. The molecule has 0 radical (unpaired) electrons. The summed E-state index contributed by atoms with van der Waals surface area (Å²) in [6.45, 7) is 14.4. The van der Waals surface area contributed by atoms with Crippen LogP contribution in [0.4, 0.5) is 0 Å². The standard InChI is InChI=1S/C17H35NO2.ClH/c1-16(2,3)13-7-9-15(10-8-13)20-12-14(19)11-18-17(4,5)6;/h13-15,18-19H,7-12H2,1-6H3;1H/p-1. The molecule has 1 saturated carbocycles. The third-order valence-corrected chi connectivity index (χ3v) is 4.29. The van der Waals surface area contributed by atoms with Crippen LogP contribution in [0.2, 0.25) is 0 Å². The van der Waals surface area contributed by atoms with Crippen molar-refractivity contribution in [1.29, 1.82) is 0 Å². The summed E-state index contributed by atoms with van der Waals surface area (Å²) in [6.07, 6.45) is 4.73. The summed E-state index contributed by atoms with van der Waals surface area (Å²) in [4.78, 5) is 0. The second-order valence-electron chi connectivity index (χ2n) is 8.46. The Bertz CT molecular complexity index is 275. The minimum Gasteiger partial charge on any atom is -1.00 e. The van der Waals surface area contributed by atoms with E-state index in [-0.39, 0.29) is 17.9 Å². The molecule has 1 fully saturated rings. The van der Waals surface area contributed by atoms with Crippen molar-refractivity contribution in [2.45, 2.75) is 85.0 Å². The van der Waals surface area contributed by atoms with Gasteiger partial charge in [-0.3, -0.25) is 0 Å². The zero-order valence-corrected chi connectivity index (χ0v) is 15.5. The fraction of sp³-hybridized carbons (Fsp3) is 1.00. The van der Waals surface area contributed by atoms with Gasteiger partial charge in [-0.2, -0.15) is 0 Å². The Kier molecular flexibility index (Phi) is 8.78. The second-order valence-corrected chi connectivity index (χ2v) is 8.46. The largest absolute Gasteiger partial charge is 1.00 e. The van der Waals surface area contributed by atoms with E-state index in [9.17, 15) is 5.11 Å². The third kappa shape index (κ3) is 9.02. The van der Waals surface area contributed by atoms with Crippen LogP contribution in [-0.2, 0) is 4.74 Å². The summed E-state index contributed by atoms with van der Waals surface area (Å²) in [5, 5.41) is 13.2. The van der Waals surface area contributed by atoms with Gasteiger partial charge in [-0.1, -0.05) is 20.8 Å². The Hall–Kier alpha value is 0.170. The van der Waals surface area contributed by atoms with Crippen LogP contribution in [0.25, 0.3) is 0 Å². The van der Waals surface area contributed by atoms with Crippen LogP contribution in [0.3, 0.4) is 0 Å². The smallest absolute Gasteiger partial charge is 0.0898 e. The molecule has 1 atom stereocenters. The molecular weight excluding hydrogens is 286 g/mol. The number of rotatable bonds is 5. The summed E-state index contributed by atoms with van der Waals surface area (Å²) in [5.74, 6) is 0.815. The highest BCUT2D eigenvalue weighted by molar-refractivity contribution is 4.81. The molecule has 3 nitrogen and oxygen atoms in total. The minimum atomic E-state index is -0.408. The molecule has 0 heterocycles. The predicted octanol–water partition coefficient (Wildman–Crippen LogP) is 0.361. The van der Waals surface area contributed by atoms with Crippen LogP contribution < -0.4 is 17.7 Å². The average Bonchev–Trinajstić information content (AvgIpc) is 2.32. The minimum absolute atomic E-state index is 0. The third-order valence-electron chi connectivity index (χ3n) is 4.29. The van der Waals surface area contributed by atoms with Gasteiger partial charge in [0.25, 0.3) is 0 Å². The van der Waals surface area contributed by atoms with Crippen molar-refractivity contribution < 1.29 is 22.3 Å². The molecule has 21 heavy (non-hydrogen) atoms. The summed E-state index contributed by atoms with van der Waals surface area (Å²) < 4.78 is 5.88. The van der Waals surface area contributed by atoms with Crippen LogP contribution in [-0.4, -0.2) is 36.0 Å². The average molecular weight is 321 g/mol. The molecule has 0 aromatic carbocycles. The first kappa shape index (κ1) is 21.2. The highest BCUT2D eigenvalue weighted by atomic mass is 35.5. The molecular formula is C17H35ClNO2-. The Morgan fingerprint density at radius 3 is 2.00 bits per heavy atom. The molecule has 0 bridgehead atoms. The number of halogens is 1. The van der Waals surface area contributed by atoms with Gasteiger partial charge in [0.1, 0.15) is 0 Å². The fourth-order valence-electron chi connectivity index (χ4n) is 2.83. The van der Waals surface area contributed by atoms with Crippen LogP contribution in [0.15, 0.2) is 0 Å². The van der Waals surface area contributed by atoms with Gasteiger partial charge in [0.15, 0.2) is 0 Å². The lowest BCUT2D eigenvalue weighted by Crippen LogP contribution is -3.00. The first-order chi connectivity index (χ1) is 9.08. The molecule has 0 spiro atoms. The number of aliphatic hydroxyl groups is 1. The zero-order chi connectivity index (χ0) is 15.4. The van der Waals surface area contributed by atoms with E-state index in [0.29, 0.717) is 24.7 Å². The van der Waals surface area contributed by atoms with Gasteiger partial charge in [0.2, 0.25) is 0 Å².